The van der Waals surface area contributed by atoms with Crippen molar-refractivity contribution in [2.45, 2.75) is 19.0 Å². The molecule has 4 nitrogen and oxygen atoms in total. The van der Waals surface area contributed by atoms with Crippen LogP contribution in [-0.2, 0) is 6.54 Å². The van der Waals surface area contributed by atoms with Gasteiger partial charge in [0.05, 0.1) is 11.0 Å². The van der Waals surface area contributed by atoms with Crippen LogP contribution in [0.3, 0.4) is 0 Å². The largest absolute Gasteiger partial charge is 0.309 e. The number of benzene rings is 1. The number of nitrogens with one attached hydrogen (secondary N) is 1. The van der Waals surface area contributed by atoms with Crippen molar-refractivity contribution < 1.29 is 9.31 Å². The smallest absolute Gasteiger partial charge is 0.272 e. The summed E-state index contributed by atoms with van der Waals surface area (Å²) in [5.41, 5.74) is 0.427. The average molecular weight is 256 g/mol. The summed E-state index contributed by atoms with van der Waals surface area (Å²) in [5.74, 6) is 1.63. The van der Waals surface area contributed by atoms with Gasteiger partial charge in [0, 0.05) is 24.4 Å². The summed E-state index contributed by atoms with van der Waals surface area (Å²) in [6.07, 6.45) is 1.10. The third-order valence-corrected chi connectivity index (χ3v) is 3.84. The van der Waals surface area contributed by atoms with E-state index >= 15 is 0 Å². The van der Waals surface area contributed by atoms with E-state index < -0.39 is 10.7 Å². The van der Waals surface area contributed by atoms with E-state index in [1.54, 1.807) is 0 Å². The van der Waals surface area contributed by atoms with Crippen molar-refractivity contribution in [3.63, 3.8) is 0 Å². The monoisotopic (exact) mass is 256 g/mol. The first kappa shape index (κ1) is 12.3. The van der Waals surface area contributed by atoms with Gasteiger partial charge >= 0.3 is 0 Å². The number of hydrogen-bond donors (Lipinski definition) is 1. The van der Waals surface area contributed by atoms with Crippen molar-refractivity contribution in [3.05, 3.63) is 39.7 Å². The summed E-state index contributed by atoms with van der Waals surface area (Å²) >= 11 is 1.88. The first-order valence-corrected chi connectivity index (χ1v) is 6.55. The fourth-order valence-electron chi connectivity index (χ4n) is 1.80. The molecule has 0 saturated carbocycles. The highest BCUT2D eigenvalue weighted by atomic mass is 32.2. The van der Waals surface area contributed by atoms with Gasteiger partial charge in [-0.1, -0.05) is 0 Å². The predicted octanol–water partition coefficient (Wildman–Crippen LogP) is 2.33. The molecular formula is C11H13FN2O2S. The van der Waals surface area contributed by atoms with Gasteiger partial charge in [0.25, 0.3) is 5.69 Å². The SMILES string of the molecule is O=[N+]([O-])c1cc(F)cc(CNC2CCSC2)c1. The third kappa shape index (κ3) is 3.41. The summed E-state index contributed by atoms with van der Waals surface area (Å²) in [4.78, 5) is 10.0. The zero-order valence-electron chi connectivity index (χ0n) is 9.19. The Morgan fingerprint density at radius 2 is 2.35 bits per heavy atom. The molecule has 1 aromatic carbocycles. The Balaban J connectivity index is 2.01. The van der Waals surface area contributed by atoms with Crippen molar-refractivity contribution in [1.29, 1.82) is 0 Å². The molecule has 1 heterocycles. The lowest BCUT2D eigenvalue weighted by Crippen LogP contribution is -2.28. The number of nitro groups is 1. The van der Waals surface area contributed by atoms with Crippen molar-refractivity contribution in [2.75, 3.05) is 11.5 Å². The fourth-order valence-corrected chi connectivity index (χ4v) is 2.99. The van der Waals surface area contributed by atoms with E-state index in [1.165, 1.54) is 12.1 Å². The van der Waals surface area contributed by atoms with Crippen LogP contribution in [-0.4, -0.2) is 22.5 Å². The molecule has 17 heavy (non-hydrogen) atoms. The van der Waals surface area contributed by atoms with Crippen LogP contribution in [0.15, 0.2) is 18.2 Å². The quantitative estimate of drug-likeness (QED) is 0.663. The Morgan fingerprint density at radius 1 is 1.53 bits per heavy atom. The second-order valence-electron chi connectivity index (χ2n) is 4.02. The highest BCUT2D eigenvalue weighted by molar-refractivity contribution is 7.99. The maximum absolute atomic E-state index is 13.2. The average Bonchev–Trinajstić information content (AvgIpc) is 2.78. The Labute approximate surface area is 103 Å². The molecule has 1 aliphatic heterocycles. The molecule has 2 rings (SSSR count). The highest BCUT2D eigenvalue weighted by Gasteiger charge is 2.15. The van der Waals surface area contributed by atoms with E-state index in [4.69, 9.17) is 0 Å². The maximum atomic E-state index is 13.2. The van der Waals surface area contributed by atoms with E-state index in [-0.39, 0.29) is 5.69 Å². The molecule has 1 saturated heterocycles. The molecule has 0 radical (unpaired) electrons. The summed E-state index contributed by atoms with van der Waals surface area (Å²) in [7, 11) is 0. The molecule has 6 heteroatoms. The molecule has 1 atom stereocenters. The summed E-state index contributed by atoms with van der Waals surface area (Å²) in [6.45, 7) is 0.476. The van der Waals surface area contributed by atoms with E-state index in [2.05, 4.69) is 5.32 Å². The summed E-state index contributed by atoms with van der Waals surface area (Å²) in [5, 5.41) is 13.9. The number of non-ortho nitro benzene ring substituents is 1. The maximum Gasteiger partial charge on any atom is 0.272 e. The molecule has 0 aromatic heterocycles. The Bertz CT molecular complexity index is 422. The van der Waals surface area contributed by atoms with Crippen LogP contribution in [0.2, 0.25) is 0 Å². The van der Waals surface area contributed by atoms with Gasteiger partial charge in [0.15, 0.2) is 0 Å². The lowest BCUT2D eigenvalue weighted by molar-refractivity contribution is -0.385. The number of nitro benzene ring substituents is 1. The van der Waals surface area contributed by atoms with Gasteiger partial charge in [-0.05, 0) is 23.8 Å². The number of nitrogens with zero attached hydrogens (tertiary/aromatic N) is 1. The van der Waals surface area contributed by atoms with Crippen LogP contribution < -0.4 is 5.32 Å². The molecule has 1 unspecified atom stereocenters. The highest BCUT2D eigenvalue weighted by Crippen LogP contribution is 2.19. The molecular weight excluding hydrogens is 243 g/mol. The van der Waals surface area contributed by atoms with Gasteiger partial charge < -0.3 is 5.32 Å². The van der Waals surface area contributed by atoms with Crippen molar-refractivity contribution in [3.8, 4) is 0 Å². The molecule has 92 valence electrons. The second kappa shape index (κ2) is 5.46. The third-order valence-electron chi connectivity index (χ3n) is 2.68. The first-order chi connectivity index (χ1) is 8.15. The van der Waals surface area contributed by atoms with Gasteiger partial charge in [0.1, 0.15) is 5.82 Å². The molecule has 0 spiro atoms. The van der Waals surface area contributed by atoms with E-state index in [1.807, 2.05) is 11.8 Å². The van der Waals surface area contributed by atoms with Gasteiger partial charge in [-0.2, -0.15) is 11.8 Å². The Kier molecular flexibility index (Phi) is 3.96. The Hall–Kier alpha value is -1.14. The van der Waals surface area contributed by atoms with Crippen LogP contribution in [0.4, 0.5) is 10.1 Å². The van der Waals surface area contributed by atoms with Crippen LogP contribution in [0.5, 0.6) is 0 Å². The van der Waals surface area contributed by atoms with Gasteiger partial charge in [-0.3, -0.25) is 10.1 Å². The van der Waals surface area contributed by atoms with Crippen LogP contribution >= 0.6 is 11.8 Å². The van der Waals surface area contributed by atoms with E-state index in [0.717, 1.165) is 24.0 Å². The van der Waals surface area contributed by atoms with E-state index in [9.17, 15) is 14.5 Å². The lowest BCUT2D eigenvalue weighted by atomic mass is 10.1. The molecule has 1 aromatic rings. The van der Waals surface area contributed by atoms with Gasteiger partial charge in [-0.15, -0.1) is 0 Å². The standard InChI is InChI=1S/C11H13FN2O2S/c12-9-3-8(4-11(5-9)14(15)16)6-13-10-1-2-17-7-10/h3-5,10,13H,1-2,6-7H2. The second-order valence-corrected chi connectivity index (χ2v) is 5.17. The van der Waals surface area contributed by atoms with Crippen molar-refractivity contribution in [2.24, 2.45) is 0 Å². The minimum Gasteiger partial charge on any atom is -0.309 e. The summed E-state index contributed by atoms with van der Waals surface area (Å²) < 4.78 is 13.2. The normalized spacial score (nSPS) is 19.5. The van der Waals surface area contributed by atoms with Crippen LogP contribution in [0.25, 0.3) is 0 Å². The van der Waals surface area contributed by atoms with Crippen LogP contribution in [0, 0.1) is 15.9 Å². The lowest BCUT2D eigenvalue weighted by Gasteiger charge is -2.10. The first-order valence-electron chi connectivity index (χ1n) is 5.40. The number of rotatable bonds is 4. The molecule has 1 fully saturated rings. The van der Waals surface area contributed by atoms with E-state index in [0.29, 0.717) is 18.2 Å². The molecule has 1 aliphatic rings. The fraction of sp³-hybridized carbons (Fsp3) is 0.455. The minimum absolute atomic E-state index is 0.192. The number of halogens is 1. The zero-order valence-corrected chi connectivity index (χ0v) is 10.0. The molecule has 1 N–H and O–H groups in total. The van der Waals surface area contributed by atoms with Crippen molar-refractivity contribution in [1.82, 2.24) is 5.32 Å². The van der Waals surface area contributed by atoms with Gasteiger partial charge in [-0.25, -0.2) is 4.39 Å². The van der Waals surface area contributed by atoms with Crippen molar-refractivity contribution >= 4 is 17.4 Å². The van der Waals surface area contributed by atoms with Crippen LogP contribution in [0.1, 0.15) is 12.0 Å². The molecule has 0 aliphatic carbocycles. The van der Waals surface area contributed by atoms with Gasteiger partial charge in [0.2, 0.25) is 0 Å². The summed E-state index contributed by atoms with van der Waals surface area (Å²) in [6, 6.07) is 4.12. The molecule has 0 bridgehead atoms. The zero-order chi connectivity index (χ0) is 12.3. The topological polar surface area (TPSA) is 55.2 Å². The Morgan fingerprint density at radius 3 is 3.00 bits per heavy atom. The number of hydrogen-bond acceptors (Lipinski definition) is 4. The molecule has 0 amide bonds. The minimum atomic E-state index is -0.571. The predicted molar refractivity (Wildman–Crippen MR) is 65.6 cm³/mol. The number of thioether (sulfide) groups is 1.